The highest BCUT2D eigenvalue weighted by Crippen LogP contribution is 2.31. The van der Waals surface area contributed by atoms with Gasteiger partial charge in [0.1, 0.15) is 5.52 Å². The van der Waals surface area contributed by atoms with Gasteiger partial charge in [0.05, 0.1) is 22.5 Å². The van der Waals surface area contributed by atoms with Gasteiger partial charge in [0, 0.05) is 25.0 Å². The minimum atomic E-state index is 0.0259. The second-order valence-corrected chi connectivity index (χ2v) is 9.86. The lowest BCUT2D eigenvalue weighted by Gasteiger charge is -2.32. The molecule has 186 valence electrons. The summed E-state index contributed by atoms with van der Waals surface area (Å²) in [6.07, 6.45) is 3.51. The van der Waals surface area contributed by atoms with Crippen LogP contribution in [0.15, 0.2) is 60.7 Å². The van der Waals surface area contributed by atoms with Gasteiger partial charge in [-0.3, -0.25) is 4.79 Å². The third kappa shape index (κ3) is 4.96. The highest BCUT2D eigenvalue weighted by atomic mass is 16.1. The maximum Gasteiger partial charge on any atom is 0.223 e. The molecule has 4 aromatic rings. The van der Waals surface area contributed by atoms with E-state index in [2.05, 4.69) is 70.7 Å². The van der Waals surface area contributed by atoms with Crippen LogP contribution in [0, 0.1) is 19.8 Å². The van der Waals surface area contributed by atoms with Crippen LogP contribution in [0.2, 0.25) is 0 Å². The third-order valence-corrected chi connectivity index (χ3v) is 7.25. The number of nitrogens with one attached hydrogen (secondary N) is 1. The molecule has 0 radical (unpaired) electrons. The van der Waals surface area contributed by atoms with E-state index in [0.29, 0.717) is 0 Å². The Labute approximate surface area is 212 Å². The summed E-state index contributed by atoms with van der Waals surface area (Å²) in [6, 6.07) is 20.7. The van der Waals surface area contributed by atoms with Crippen LogP contribution in [-0.4, -0.2) is 45.0 Å². The average Bonchev–Trinajstić information content (AvgIpc) is 3.27. The number of aromatic nitrogens is 4. The Hall–Kier alpha value is -3.74. The Morgan fingerprint density at radius 1 is 1.00 bits per heavy atom. The van der Waals surface area contributed by atoms with E-state index in [4.69, 9.17) is 5.10 Å². The largest absolute Gasteiger partial charge is 0.353 e. The summed E-state index contributed by atoms with van der Waals surface area (Å²) in [7, 11) is 0. The zero-order valence-corrected chi connectivity index (χ0v) is 21.3. The number of carbonyl (C=O) groups excluding carboxylic acids is 1. The number of anilines is 1. The van der Waals surface area contributed by atoms with Crippen LogP contribution in [0.5, 0.6) is 0 Å². The van der Waals surface area contributed by atoms with Crippen LogP contribution in [0.3, 0.4) is 0 Å². The first-order valence-electron chi connectivity index (χ1n) is 12.9. The van der Waals surface area contributed by atoms with Crippen molar-refractivity contribution in [3.05, 3.63) is 77.6 Å². The number of nitrogens with zero attached hydrogens (tertiary/aromatic N) is 5. The predicted molar refractivity (Wildman–Crippen MR) is 143 cm³/mol. The molecule has 2 aromatic carbocycles. The Kier molecular flexibility index (Phi) is 6.98. The summed E-state index contributed by atoms with van der Waals surface area (Å²) < 4.78 is 1.97. The fraction of sp³-hybridized carbons (Fsp3) is 0.379. The number of para-hydroxylation sites is 1. The number of aryl methyl sites for hydroxylation is 3. The maximum absolute atomic E-state index is 13.0. The quantitative estimate of drug-likeness (QED) is 0.410. The number of benzene rings is 2. The lowest BCUT2D eigenvalue weighted by Crippen LogP contribution is -2.43. The van der Waals surface area contributed by atoms with Crippen LogP contribution < -0.4 is 10.2 Å². The van der Waals surface area contributed by atoms with E-state index >= 15 is 0 Å². The van der Waals surface area contributed by atoms with Gasteiger partial charge < -0.3 is 10.2 Å². The Morgan fingerprint density at radius 3 is 2.36 bits per heavy atom. The van der Waals surface area contributed by atoms with Crippen LogP contribution in [-0.2, 0) is 11.2 Å². The number of carbonyl (C=O) groups is 1. The average molecular weight is 483 g/mol. The molecule has 1 N–H and O–H groups in total. The fourth-order valence-electron chi connectivity index (χ4n) is 5.16. The maximum atomic E-state index is 13.0. The van der Waals surface area contributed by atoms with E-state index in [1.54, 1.807) is 0 Å². The van der Waals surface area contributed by atoms with Crippen LogP contribution in [0.1, 0.15) is 43.1 Å². The van der Waals surface area contributed by atoms with Gasteiger partial charge in [0.25, 0.3) is 0 Å². The molecule has 7 heteroatoms. The molecule has 0 aliphatic carbocycles. The van der Waals surface area contributed by atoms with Crippen molar-refractivity contribution >= 4 is 22.6 Å². The monoisotopic (exact) mass is 482 g/mol. The topological polar surface area (TPSA) is 75.9 Å². The number of rotatable bonds is 7. The highest BCUT2D eigenvalue weighted by Gasteiger charge is 2.28. The Bertz CT molecular complexity index is 1330. The van der Waals surface area contributed by atoms with E-state index in [1.807, 2.05) is 35.9 Å². The number of amides is 1. The number of fused-ring (bicyclic) bond motifs is 1. The van der Waals surface area contributed by atoms with Gasteiger partial charge in [-0.1, -0.05) is 48.5 Å². The van der Waals surface area contributed by atoms with Crippen molar-refractivity contribution in [2.24, 2.45) is 5.92 Å². The van der Waals surface area contributed by atoms with Crippen molar-refractivity contribution in [1.29, 1.82) is 0 Å². The normalized spacial score (nSPS) is 15.2. The molecule has 36 heavy (non-hydrogen) atoms. The van der Waals surface area contributed by atoms with Crippen molar-refractivity contribution in [2.75, 3.05) is 18.0 Å². The molecule has 5 rings (SSSR count). The molecule has 3 heterocycles. The van der Waals surface area contributed by atoms with Gasteiger partial charge in [-0.2, -0.15) is 10.2 Å². The first kappa shape index (κ1) is 24.0. The second-order valence-electron chi connectivity index (χ2n) is 9.86. The molecule has 0 unspecified atom stereocenters. The van der Waals surface area contributed by atoms with Gasteiger partial charge >= 0.3 is 0 Å². The van der Waals surface area contributed by atoms with Crippen molar-refractivity contribution in [3.63, 3.8) is 0 Å². The lowest BCUT2D eigenvalue weighted by molar-refractivity contribution is -0.126. The van der Waals surface area contributed by atoms with Crippen molar-refractivity contribution in [2.45, 2.75) is 52.5 Å². The molecule has 1 aliphatic heterocycles. The van der Waals surface area contributed by atoms with Gasteiger partial charge in [0.2, 0.25) is 5.91 Å². The molecule has 0 saturated carbocycles. The molecule has 1 saturated heterocycles. The summed E-state index contributed by atoms with van der Waals surface area (Å²) in [5, 5.41) is 18.3. The van der Waals surface area contributed by atoms with E-state index in [-0.39, 0.29) is 17.9 Å². The first-order chi connectivity index (χ1) is 17.5. The van der Waals surface area contributed by atoms with Gasteiger partial charge in [0.15, 0.2) is 5.82 Å². The fourth-order valence-corrected chi connectivity index (χ4v) is 5.16. The van der Waals surface area contributed by atoms with Crippen molar-refractivity contribution < 1.29 is 4.79 Å². The lowest BCUT2D eigenvalue weighted by atomic mass is 9.95. The van der Waals surface area contributed by atoms with Gasteiger partial charge in [-0.25, -0.2) is 4.68 Å². The number of hydrogen-bond donors (Lipinski definition) is 1. The van der Waals surface area contributed by atoms with Crippen LogP contribution in [0.25, 0.3) is 16.6 Å². The second kappa shape index (κ2) is 10.5. The summed E-state index contributed by atoms with van der Waals surface area (Å²) in [5.41, 5.74) is 5.15. The Morgan fingerprint density at radius 2 is 1.67 bits per heavy atom. The van der Waals surface area contributed by atoms with Gasteiger partial charge in [-0.15, -0.1) is 5.10 Å². The molecule has 0 spiro atoms. The van der Waals surface area contributed by atoms with E-state index < -0.39 is 0 Å². The first-order valence-corrected chi connectivity index (χ1v) is 12.9. The van der Waals surface area contributed by atoms with E-state index in [1.165, 1.54) is 5.56 Å². The van der Waals surface area contributed by atoms with Crippen LogP contribution in [0.4, 0.5) is 5.82 Å². The Balaban J connectivity index is 1.24. The van der Waals surface area contributed by atoms with Gasteiger partial charge in [-0.05, 0) is 64.2 Å². The minimum absolute atomic E-state index is 0.0259. The molecule has 1 atom stereocenters. The van der Waals surface area contributed by atoms with Crippen molar-refractivity contribution in [3.8, 4) is 5.69 Å². The molecular weight excluding hydrogens is 448 g/mol. The molecule has 0 bridgehead atoms. The molecule has 2 aromatic heterocycles. The molecule has 1 amide bonds. The smallest absolute Gasteiger partial charge is 0.223 e. The third-order valence-electron chi connectivity index (χ3n) is 7.25. The predicted octanol–water partition coefficient (Wildman–Crippen LogP) is 4.79. The minimum Gasteiger partial charge on any atom is -0.353 e. The summed E-state index contributed by atoms with van der Waals surface area (Å²) in [6.45, 7) is 7.69. The van der Waals surface area contributed by atoms with Crippen LogP contribution >= 0.6 is 0 Å². The number of hydrogen-bond acceptors (Lipinski definition) is 5. The zero-order valence-electron chi connectivity index (χ0n) is 21.3. The summed E-state index contributed by atoms with van der Waals surface area (Å²) in [4.78, 5) is 15.2. The SMILES string of the molecule is Cc1nnc(N2CCC(C(=O)N[C@H](C)CCc3ccccc3)CC2)c2nn(-c3ccccc3)c(C)c12. The summed E-state index contributed by atoms with van der Waals surface area (Å²) >= 11 is 0. The van der Waals surface area contributed by atoms with E-state index in [0.717, 1.165) is 72.6 Å². The molecule has 1 fully saturated rings. The molecule has 1 aliphatic rings. The standard InChI is InChI=1S/C29H34N6O/c1-20(14-15-23-10-6-4-7-11-23)30-29(36)24-16-18-34(19-17-24)28-27-26(21(2)31-32-28)22(3)35(33-27)25-12-8-5-9-13-25/h4-13,20,24H,14-19H2,1-3H3,(H,30,36)/t20-/m1/s1. The zero-order chi connectivity index (χ0) is 25.1. The summed E-state index contributed by atoms with van der Waals surface area (Å²) in [5.74, 6) is 1.00. The molecule has 7 nitrogen and oxygen atoms in total. The number of piperidine rings is 1. The highest BCUT2D eigenvalue weighted by molar-refractivity contribution is 5.92. The molecular formula is C29H34N6O. The van der Waals surface area contributed by atoms with Crippen molar-refractivity contribution in [1.82, 2.24) is 25.3 Å². The van der Waals surface area contributed by atoms with E-state index in [9.17, 15) is 4.79 Å².